The van der Waals surface area contributed by atoms with Crippen molar-refractivity contribution in [3.8, 4) is 0 Å². The van der Waals surface area contributed by atoms with E-state index in [2.05, 4.69) is 97.1 Å². The lowest BCUT2D eigenvalue weighted by molar-refractivity contribution is -0.127. The lowest BCUT2D eigenvalue weighted by Gasteiger charge is -2.40. The molecule has 202 valence electrons. The van der Waals surface area contributed by atoms with Crippen LogP contribution in [0.25, 0.3) is 0 Å². The molecule has 6 heteroatoms. The highest BCUT2D eigenvalue weighted by molar-refractivity contribution is 6.07. The van der Waals surface area contributed by atoms with Crippen molar-refractivity contribution in [3.05, 3.63) is 100 Å². The zero-order chi connectivity index (χ0) is 27.3. The number of benzene rings is 3. The van der Waals surface area contributed by atoms with Gasteiger partial charge >= 0.3 is 0 Å². The summed E-state index contributed by atoms with van der Waals surface area (Å²) < 4.78 is 0. The molecule has 2 saturated heterocycles. The molecule has 3 aliphatic heterocycles. The summed E-state index contributed by atoms with van der Waals surface area (Å²) in [7, 11) is 0. The van der Waals surface area contributed by atoms with Gasteiger partial charge in [0, 0.05) is 47.4 Å². The number of nitrogens with one attached hydrogen (secondary N) is 3. The lowest BCUT2D eigenvalue weighted by atomic mass is 9.73. The van der Waals surface area contributed by atoms with Crippen molar-refractivity contribution in [2.24, 2.45) is 0 Å². The average Bonchev–Trinajstić information content (AvgIpc) is 3.57. The van der Waals surface area contributed by atoms with Crippen LogP contribution in [0.2, 0.25) is 0 Å². The van der Waals surface area contributed by atoms with Crippen LogP contribution in [0.15, 0.2) is 66.7 Å². The number of carbonyl (C=O) groups excluding carboxylic acids is 2. The molecular formula is C33H38N4O2. The highest BCUT2D eigenvalue weighted by atomic mass is 16.2. The highest BCUT2D eigenvalue weighted by Gasteiger charge is 2.68. The van der Waals surface area contributed by atoms with Crippen LogP contribution in [-0.4, -0.2) is 41.9 Å². The molecule has 0 saturated carbocycles. The zero-order valence-electron chi connectivity index (χ0n) is 23.3. The molecule has 3 heterocycles. The first kappa shape index (κ1) is 25.8. The topological polar surface area (TPSA) is 73.5 Å². The van der Waals surface area contributed by atoms with Crippen LogP contribution in [0.5, 0.6) is 0 Å². The Labute approximate surface area is 231 Å². The molecule has 39 heavy (non-hydrogen) atoms. The molecule has 0 aromatic heterocycles. The van der Waals surface area contributed by atoms with Crippen LogP contribution >= 0.6 is 0 Å². The minimum absolute atomic E-state index is 0.0284. The summed E-state index contributed by atoms with van der Waals surface area (Å²) in [5.41, 5.74) is 6.71. The van der Waals surface area contributed by atoms with E-state index in [1.54, 1.807) is 0 Å². The van der Waals surface area contributed by atoms with Gasteiger partial charge < -0.3 is 16.0 Å². The van der Waals surface area contributed by atoms with Crippen LogP contribution in [0, 0.1) is 13.8 Å². The first-order chi connectivity index (χ1) is 18.9. The summed E-state index contributed by atoms with van der Waals surface area (Å²) in [4.78, 5) is 29.1. The quantitative estimate of drug-likeness (QED) is 0.417. The van der Waals surface area contributed by atoms with E-state index in [-0.39, 0.29) is 35.9 Å². The normalized spacial score (nSPS) is 27.4. The Morgan fingerprint density at radius 1 is 1.00 bits per heavy atom. The van der Waals surface area contributed by atoms with Crippen LogP contribution in [-0.2, 0) is 10.3 Å². The summed E-state index contributed by atoms with van der Waals surface area (Å²) in [6.07, 6.45) is 1.82. The second-order valence-corrected chi connectivity index (χ2v) is 11.3. The molecule has 3 aromatic carbocycles. The lowest BCUT2D eigenvalue weighted by Crippen LogP contribution is -2.52. The number of amides is 2. The minimum atomic E-state index is -0.765. The van der Waals surface area contributed by atoms with Gasteiger partial charge in [-0.15, -0.1) is 0 Å². The molecule has 6 nitrogen and oxygen atoms in total. The maximum Gasteiger partial charge on any atom is 0.251 e. The van der Waals surface area contributed by atoms with Gasteiger partial charge in [0.15, 0.2) is 0 Å². The molecule has 0 radical (unpaired) electrons. The van der Waals surface area contributed by atoms with Gasteiger partial charge in [0.1, 0.15) is 5.54 Å². The molecule has 2 amide bonds. The van der Waals surface area contributed by atoms with Gasteiger partial charge in [-0.3, -0.25) is 14.5 Å². The third-order valence-electron chi connectivity index (χ3n) is 9.20. The van der Waals surface area contributed by atoms with Gasteiger partial charge in [-0.05, 0) is 73.7 Å². The van der Waals surface area contributed by atoms with Crippen molar-refractivity contribution >= 4 is 17.5 Å². The van der Waals surface area contributed by atoms with Crippen molar-refractivity contribution in [2.75, 3.05) is 18.4 Å². The monoisotopic (exact) mass is 522 g/mol. The van der Waals surface area contributed by atoms with Gasteiger partial charge in [0.2, 0.25) is 5.91 Å². The van der Waals surface area contributed by atoms with Gasteiger partial charge in [0.25, 0.3) is 5.91 Å². The first-order valence-corrected chi connectivity index (χ1v) is 14.3. The third-order valence-corrected chi connectivity index (χ3v) is 9.20. The molecular weight excluding hydrogens is 484 g/mol. The average molecular weight is 523 g/mol. The Bertz CT molecular complexity index is 1400. The van der Waals surface area contributed by atoms with E-state index in [0.717, 1.165) is 30.6 Å². The number of likely N-dealkylation sites (N-methyl/N-ethyl adjacent to an activating group) is 1. The van der Waals surface area contributed by atoms with Crippen LogP contribution < -0.4 is 16.0 Å². The summed E-state index contributed by atoms with van der Waals surface area (Å²) in [5, 5.41) is 10.2. The number of likely N-dealkylation sites (tertiary alicyclic amines) is 1. The van der Waals surface area contributed by atoms with Crippen LogP contribution in [0.4, 0.5) is 5.69 Å². The molecule has 0 unspecified atom stereocenters. The third kappa shape index (κ3) is 3.92. The summed E-state index contributed by atoms with van der Waals surface area (Å²) >= 11 is 0. The summed E-state index contributed by atoms with van der Waals surface area (Å²) in [6.45, 7) is 9.92. The second kappa shape index (κ2) is 9.92. The van der Waals surface area contributed by atoms with E-state index in [0.29, 0.717) is 12.1 Å². The van der Waals surface area contributed by atoms with Crippen LogP contribution in [0.3, 0.4) is 0 Å². The summed E-state index contributed by atoms with van der Waals surface area (Å²) in [5.74, 6) is 0.00355. The molecule has 5 atom stereocenters. The van der Waals surface area contributed by atoms with Crippen molar-refractivity contribution in [2.45, 2.75) is 70.1 Å². The van der Waals surface area contributed by atoms with Crippen molar-refractivity contribution in [1.29, 1.82) is 0 Å². The Kier molecular flexibility index (Phi) is 6.56. The van der Waals surface area contributed by atoms with Crippen molar-refractivity contribution in [3.63, 3.8) is 0 Å². The SMILES string of the molecule is CCCNC(=O)c1ccc([C@H]2C[C@H]3[C@@H](N2)[C@H](c2ccccc2)[C@]2(C(=O)Nc4cc(C)c(C)cc42)N3CC)cc1. The maximum absolute atomic E-state index is 14.2. The Morgan fingerprint density at radius 2 is 1.72 bits per heavy atom. The minimum Gasteiger partial charge on any atom is -0.352 e. The van der Waals surface area contributed by atoms with E-state index in [4.69, 9.17) is 0 Å². The fourth-order valence-corrected chi connectivity index (χ4v) is 7.34. The number of carbonyl (C=O) groups is 2. The molecule has 3 aromatic rings. The van der Waals surface area contributed by atoms with Gasteiger partial charge in [-0.1, -0.05) is 62.4 Å². The number of hydrogen-bond acceptors (Lipinski definition) is 4. The van der Waals surface area contributed by atoms with Crippen molar-refractivity contribution in [1.82, 2.24) is 15.5 Å². The molecule has 2 fully saturated rings. The Morgan fingerprint density at radius 3 is 2.41 bits per heavy atom. The van der Waals surface area contributed by atoms with E-state index < -0.39 is 5.54 Å². The number of rotatable bonds is 6. The number of hydrogen-bond donors (Lipinski definition) is 3. The fraction of sp³-hybridized carbons (Fsp3) is 0.394. The predicted molar refractivity (Wildman–Crippen MR) is 155 cm³/mol. The predicted octanol–water partition coefficient (Wildman–Crippen LogP) is 5.18. The van der Waals surface area contributed by atoms with Gasteiger partial charge in [-0.2, -0.15) is 0 Å². The largest absolute Gasteiger partial charge is 0.352 e. The molecule has 3 aliphatic rings. The standard InChI is InChI=1S/C33H38N4O2/c1-5-16-34-31(38)24-14-12-22(13-15-24)26-19-28-30(35-26)29(23-10-8-7-9-11-23)33(37(28)6-2)25-17-20(3)21(4)18-27(25)36-32(33)39/h7-15,17-18,26,28-30,35H,5-6,16,19H2,1-4H3,(H,34,38)(H,36,39)/t26-,28+,29+,30-,33-/m1/s1. The second-order valence-electron chi connectivity index (χ2n) is 11.3. The van der Waals surface area contributed by atoms with E-state index in [1.165, 1.54) is 22.3 Å². The molecule has 1 spiro atoms. The van der Waals surface area contributed by atoms with Crippen LogP contribution in [0.1, 0.15) is 76.8 Å². The van der Waals surface area contributed by atoms with Crippen molar-refractivity contribution < 1.29 is 9.59 Å². The van der Waals surface area contributed by atoms with E-state index in [1.807, 2.05) is 18.2 Å². The molecule has 0 bridgehead atoms. The van der Waals surface area contributed by atoms with Gasteiger partial charge in [-0.25, -0.2) is 0 Å². The fourth-order valence-electron chi connectivity index (χ4n) is 7.34. The first-order valence-electron chi connectivity index (χ1n) is 14.3. The number of anilines is 1. The molecule has 6 rings (SSSR count). The number of aryl methyl sites for hydroxylation is 2. The summed E-state index contributed by atoms with van der Waals surface area (Å²) in [6, 6.07) is 23.4. The Balaban J connectivity index is 1.40. The molecule has 0 aliphatic carbocycles. The Hall–Kier alpha value is -3.48. The smallest absolute Gasteiger partial charge is 0.251 e. The number of nitrogens with zero attached hydrogens (tertiary/aromatic N) is 1. The van der Waals surface area contributed by atoms with E-state index in [9.17, 15) is 9.59 Å². The highest BCUT2D eigenvalue weighted by Crippen LogP contribution is 2.59. The number of fused-ring (bicyclic) bond motifs is 3. The van der Waals surface area contributed by atoms with E-state index >= 15 is 0 Å². The molecule has 3 N–H and O–H groups in total. The van der Waals surface area contributed by atoms with Gasteiger partial charge in [0.05, 0.1) is 0 Å². The maximum atomic E-state index is 14.2. The zero-order valence-corrected chi connectivity index (χ0v) is 23.3.